The zero-order valence-corrected chi connectivity index (χ0v) is 18.3. The number of nitrogens with one attached hydrogen (secondary N) is 1. The second-order valence-corrected chi connectivity index (χ2v) is 9.96. The fraction of sp³-hybridized carbons (Fsp3) is 0.350. The number of rotatable bonds is 8. The third kappa shape index (κ3) is 5.17. The van der Waals surface area contributed by atoms with Gasteiger partial charge in [0.15, 0.2) is 5.13 Å². The molecule has 0 fully saturated rings. The van der Waals surface area contributed by atoms with Crippen molar-refractivity contribution in [1.29, 1.82) is 0 Å². The fourth-order valence-corrected chi connectivity index (χ4v) is 5.12. The summed E-state index contributed by atoms with van der Waals surface area (Å²) >= 11 is 1.31. The van der Waals surface area contributed by atoms with Crippen LogP contribution < -0.4 is 5.32 Å². The van der Waals surface area contributed by atoms with E-state index in [4.69, 9.17) is 0 Å². The van der Waals surface area contributed by atoms with E-state index in [1.807, 2.05) is 38.3 Å². The number of thiazole rings is 1. The van der Waals surface area contributed by atoms with Crippen LogP contribution in [0.5, 0.6) is 0 Å². The van der Waals surface area contributed by atoms with Gasteiger partial charge in [-0.05, 0) is 31.4 Å². The summed E-state index contributed by atoms with van der Waals surface area (Å²) in [4.78, 5) is 21.1. The van der Waals surface area contributed by atoms with E-state index in [9.17, 15) is 13.2 Å². The Bertz CT molecular complexity index is 1100. The van der Waals surface area contributed by atoms with Gasteiger partial charge in [-0.2, -0.15) is 4.31 Å². The van der Waals surface area contributed by atoms with Gasteiger partial charge in [0, 0.05) is 23.5 Å². The quantitative estimate of drug-likeness (QED) is 0.586. The topological polar surface area (TPSA) is 92.3 Å². The maximum atomic E-state index is 13.4. The number of para-hydroxylation sites is 1. The average Bonchev–Trinajstić information content (AvgIpc) is 3.08. The molecule has 0 aliphatic carbocycles. The summed E-state index contributed by atoms with van der Waals surface area (Å²) in [6, 6.07) is 8.62. The Kier molecular flexibility index (Phi) is 6.61. The highest BCUT2D eigenvalue weighted by molar-refractivity contribution is 7.89. The van der Waals surface area contributed by atoms with Crippen LogP contribution in [0.1, 0.15) is 26.0 Å². The van der Waals surface area contributed by atoms with Crippen LogP contribution in [0.2, 0.25) is 0 Å². The second-order valence-electron chi connectivity index (χ2n) is 7.19. The third-order valence-corrected chi connectivity index (χ3v) is 7.11. The zero-order valence-electron chi connectivity index (χ0n) is 16.6. The highest BCUT2D eigenvalue weighted by Crippen LogP contribution is 2.25. The molecule has 1 amide bonds. The zero-order chi connectivity index (χ0) is 21.0. The molecule has 1 aromatic carbocycles. The molecule has 3 rings (SSSR count). The molecular formula is C20H24N4O3S2. The second kappa shape index (κ2) is 8.98. The van der Waals surface area contributed by atoms with Gasteiger partial charge in [0.25, 0.3) is 0 Å². The van der Waals surface area contributed by atoms with Gasteiger partial charge in [-0.3, -0.25) is 9.78 Å². The summed E-state index contributed by atoms with van der Waals surface area (Å²) in [5, 5.41) is 5.71. The summed E-state index contributed by atoms with van der Waals surface area (Å²) in [7, 11) is -3.91. The summed E-state index contributed by atoms with van der Waals surface area (Å²) < 4.78 is 28.1. The molecule has 2 heterocycles. The number of aromatic nitrogens is 2. The Morgan fingerprint density at radius 1 is 1.24 bits per heavy atom. The number of hydrogen-bond acceptors (Lipinski definition) is 6. The van der Waals surface area contributed by atoms with Crippen molar-refractivity contribution < 1.29 is 13.2 Å². The lowest BCUT2D eigenvalue weighted by Gasteiger charge is -2.23. The molecule has 0 unspecified atom stereocenters. The Morgan fingerprint density at radius 2 is 2.00 bits per heavy atom. The number of carbonyl (C=O) groups excluding carboxylic acids is 1. The van der Waals surface area contributed by atoms with E-state index in [1.54, 1.807) is 18.3 Å². The number of anilines is 1. The van der Waals surface area contributed by atoms with Crippen LogP contribution in [0.25, 0.3) is 10.9 Å². The predicted octanol–water partition coefficient (Wildman–Crippen LogP) is 3.68. The predicted molar refractivity (Wildman–Crippen MR) is 115 cm³/mol. The molecule has 0 aliphatic rings. The van der Waals surface area contributed by atoms with Gasteiger partial charge in [-0.1, -0.05) is 32.0 Å². The number of hydrogen-bond donors (Lipinski definition) is 1. The SMILES string of the molecule is Cc1csc(NC(=O)CN(CCC(C)C)S(=O)(=O)c2cccc3cccnc23)n1. The van der Waals surface area contributed by atoms with Crippen molar-refractivity contribution in [2.75, 3.05) is 18.4 Å². The van der Waals surface area contributed by atoms with Crippen LogP contribution in [0, 0.1) is 12.8 Å². The Labute approximate surface area is 174 Å². The monoisotopic (exact) mass is 432 g/mol. The molecule has 7 nitrogen and oxygen atoms in total. The van der Waals surface area contributed by atoms with E-state index in [0.29, 0.717) is 23.0 Å². The van der Waals surface area contributed by atoms with Crippen molar-refractivity contribution in [3.05, 3.63) is 47.6 Å². The van der Waals surface area contributed by atoms with Crippen LogP contribution >= 0.6 is 11.3 Å². The number of fused-ring (bicyclic) bond motifs is 1. The molecular weight excluding hydrogens is 408 g/mol. The van der Waals surface area contributed by atoms with Crippen molar-refractivity contribution in [3.8, 4) is 0 Å². The summed E-state index contributed by atoms with van der Waals surface area (Å²) in [6.07, 6.45) is 2.21. The third-order valence-electron chi connectivity index (χ3n) is 4.35. The Hall–Kier alpha value is -2.36. The van der Waals surface area contributed by atoms with Gasteiger partial charge >= 0.3 is 0 Å². The molecule has 1 N–H and O–H groups in total. The Morgan fingerprint density at radius 3 is 2.69 bits per heavy atom. The standard InChI is InChI=1S/C20H24N4O3S2/c1-14(2)9-11-24(12-18(25)23-20-22-15(3)13-28-20)29(26,27)17-8-4-6-16-7-5-10-21-19(16)17/h4-8,10,13-14H,9,11-12H2,1-3H3,(H,22,23,25). The summed E-state index contributed by atoms with van der Waals surface area (Å²) in [6.45, 7) is 5.83. The van der Waals surface area contributed by atoms with Crippen molar-refractivity contribution in [1.82, 2.24) is 14.3 Å². The smallest absolute Gasteiger partial charge is 0.245 e. The van der Waals surface area contributed by atoms with Gasteiger partial charge in [0.05, 0.1) is 17.8 Å². The first kappa shape index (κ1) is 21.4. The molecule has 0 bridgehead atoms. The molecule has 3 aromatic rings. The average molecular weight is 433 g/mol. The molecule has 2 aromatic heterocycles. The van der Waals surface area contributed by atoms with E-state index in [-0.39, 0.29) is 18.0 Å². The number of amides is 1. The molecule has 0 aliphatic heterocycles. The van der Waals surface area contributed by atoms with E-state index in [0.717, 1.165) is 11.1 Å². The molecule has 9 heteroatoms. The molecule has 0 spiro atoms. The maximum Gasteiger partial charge on any atom is 0.245 e. The van der Waals surface area contributed by atoms with Crippen molar-refractivity contribution >= 4 is 43.3 Å². The lowest BCUT2D eigenvalue weighted by atomic mass is 10.1. The van der Waals surface area contributed by atoms with Crippen LogP contribution in [0.3, 0.4) is 0 Å². The number of pyridine rings is 1. The lowest BCUT2D eigenvalue weighted by molar-refractivity contribution is -0.116. The first-order valence-electron chi connectivity index (χ1n) is 9.33. The number of benzene rings is 1. The maximum absolute atomic E-state index is 13.4. The van der Waals surface area contributed by atoms with Crippen molar-refractivity contribution in [2.45, 2.75) is 32.1 Å². The van der Waals surface area contributed by atoms with Gasteiger partial charge < -0.3 is 5.32 Å². The van der Waals surface area contributed by atoms with Crippen LogP contribution in [0.4, 0.5) is 5.13 Å². The first-order valence-corrected chi connectivity index (χ1v) is 11.6. The van der Waals surface area contributed by atoms with Crippen LogP contribution in [-0.4, -0.2) is 41.7 Å². The number of aryl methyl sites for hydroxylation is 1. The van der Waals surface area contributed by atoms with Crippen molar-refractivity contribution in [3.63, 3.8) is 0 Å². The van der Waals surface area contributed by atoms with Crippen LogP contribution in [0.15, 0.2) is 46.8 Å². The molecule has 154 valence electrons. The van der Waals surface area contributed by atoms with Gasteiger partial charge in [-0.25, -0.2) is 13.4 Å². The summed E-state index contributed by atoms with van der Waals surface area (Å²) in [5.74, 6) is -0.122. The minimum atomic E-state index is -3.91. The molecule has 0 radical (unpaired) electrons. The highest BCUT2D eigenvalue weighted by atomic mass is 32.2. The molecule has 29 heavy (non-hydrogen) atoms. The fourth-order valence-electron chi connectivity index (χ4n) is 2.84. The van der Waals surface area contributed by atoms with E-state index in [2.05, 4.69) is 15.3 Å². The van der Waals surface area contributed by atoms with E-state index >= 15 is 0 Å². The van der Waals surface area contributed by atoms with Gasteiger partial charge in [0.2, 0.25) is 15.9 Å². The van der Waals surface area contributed by atoms with E-state index in [1.165, 1.54) is 21.7 Å². The van der Waals surface area contributed by atoms with E-state index < -0.39 is 15.9 Å². The molecule has 0 atom stereocenters. The van der Waals surface area contributed by atoms with Crippen LogP contribution in [-0.2, 0) is 14.8 Å². The van der Waals surface area contributed by atoms with Gasteiger partial charge in [0.1, 0.15) is 4.90 Å². The largest absolute Gasteiger partial charge is 0.301 e. The minimum absolute atomic E-state index is 0.109. The van der Waals surface area contributed by atoms with Gasteiger partial charge in [-0.15, -0.1) is 11.3 Å². The normalized spacial score (nSPS) is 12.0. The first-order chi connectivity index (χ1) is 13.8. The van der Waals surface area contributed by atoms with Crippen molar-refractivity contribution in [2.24, 2.45) is 5.92 Å². The molecule has 0 saturated heterocycles. The minimum Gasteiger partial charge on any atom is -0.301 e. The molecule has 0 saturated carbocycles. The number of sulfonamides is 1. The number of carbonyl (C=O) groups is 1. The highest BCUT2D eigenvalue weighted by Gasteiger charge is 2.29. The Balaban J connectivity index is 1.90. The summed E-state index contributed by atoms with van der Waals surface area (Å²) in [5.41, 5.74) is 1.21. The number of nitrogens with zero attached hydrogens (tertiary/aromatic N) is 3. The lowest BCUT2D eigenvalue weighted by Crippen LogP contribution is -2.39.